The number of phenolic OH excluding ortho intramolecular Hbond substituents is 1. The van der Waals surface area contributed by atoms with E-state index in [4.69, 9.17) is 4.74 Å². The number of hydrogen-bond acceptors (Lipinski definition) is 4. The minimum Gasteiger partial charge on any atom is -0.507 e. The first-order valence-corrected chi connectivity index (χ1v) is 12.2. The van der Waals surface area contributed by atoms with E-state index in [0.29, 0.717) is 13.0 Å². The zero-order chi connectivity index (χ0) is 24.9. The van der Waals surface area contributed by atoms with Gasteiger partial charge in [0.25, 0.3) is 5.91 Å². The number of rotatable bonds is 17. The topological polar surface area (TPSA) is 87.7 Å². The monoisotopic (exact) mass is 468 g/mol. The van der Waals surface area contributed by atoms with Gasteiger partial charge in [0.2, 0.25) is 5.91 Å². The van der Waals surface area contributed by atoms with Crippen molar-refractivity contribution in [2.45, 2.75) is 58.5 Å². The van der Waals surface area contributed by atoms with Gasteiger partial charge in [-0.15, -0.1) is 0 Å². The van der Waals surface area contributed by atoms with Crippen LogP contribution in [0.2, 0.25) is 0 Å². The molecule has 0 aromatic heterocycles. The number of allylic oxidation sites excluding steroid dienone is 7. The lowest BCUT2D eigenvalue weighted by Crippen LogP contribution is -2.40. The second-order valence-electron chi connectivity index (χ2n) is 7.62. The molecule has 0 saturated heterocycles. The number of carbonyl (C=O) groups is 2. The number of amides is 2. The van der Waals surface area contributed by atoms with Crippen molar-refractivity contribution in [3.8, 4) is 5.75 Å². The highest BCUT2D eigenvalue weighted by molar-refractivity contribution is 5.96. The van der Waals surface area contributed by atoms with Crippen LogP contribution in [-0.4, -0.2) is 42.7 Å². The Labute approximate surface area is 204 Å². The fraction of sp³-hybridized carbons (Fsp3) is 0.429. The molecule has 1 unspecified atom stereocenters. The summed E-state index contributed by atoms with van der Waals surface area (Å²) in [5.41, 5.74) is 0.208. The molecule has 0 saturated carbocycles. The number of hydrogen-bond donors (Lipinski definition) is 3. The third kappa shape index (κ3) is 13.4. The minimum atomic E-state index is -0.513. The van der Waals surface area contributed by atoms with Crippen LogP contribution in [0.1, 0.15) is 62.7 Å². The van der Waals surface area contributed by atoms with Gasteiger partial charge in [-0.3, -0.25) is 9.59 Å². The number of phenols is 1. The molecule has 1 aromatic rings. The standard InChI is InChI=1S/C28H40N2O4/c1-3-5-6-7-8-9-10-11-12-13-14-15-18-23-34-26(4-2)28(33)30-22-21-29-27(32)24-19-16-17-20-25(24)31/h5-6,8-9,11-12,14-17,19-20,26,31H,3-4,7,10,13,18,21-23H2,1-2H3,(H,29,32)(H,30,33)/b6-5-,9-8-,12-11-,15-14-. The zero-order valence-electron chi connectivity index (χ0n) is 20.5. The Morgan fingerprint density at radius 2 is 1.47 bits per heavy atom. The summed E-state index contributed by atoms with van der Waals surface area (Å²) in [6.45, 7) is 5.06. The third-order valence-corrected chi connectivity index (χ3v) is 4.84. The van der Waals surface area contributed by atoms with E-state index in [1.165, 1.54) is 6.07 Å². The van der Waals surface area contributed by atoms with Crippen molar-refractivity contribution in [1.29, 1.82) is 0 Å². The first-order chi connectivity index (χ1) is 16.6. The first kappa shape index (κ1) is 28.9. The number of ether oxygens (including phenoxy) is 1. The van der Waals surface area contributed by atoms with Crippen LogP contribution in [0.15, 0.2) is 72.9 Å². The van der Waals surface area contributed by atoms with Crippen LogP contribution in [0.3, 0.4) is 0 Å². The van der Waals surface area contributed by atoms with E-state index >= 15 is 0 Å². The molecule has 34 heavy (non-hydrogen) atoms. The molecule has 0 fully saturated rings. The van der Waals surface area contributed by atoms with Gasteiger partial charge >= 0.3 is 0 Å². The summed E-state index contributed by atoms with van der Waals surface area (Å²) >= 11 is 0. The van der Waals surface area contributed by atoms with E-state index in [-0.39, 0.29) is 36.2 Å². The van der Waals surface area contributed by atoms with Crippen molar-refractivity contribution in [2.24, 2.45) is 0 Å². The average molecular weight is 469 g/mol. The van der Waals surface area contributed by atoms with Crippen molar-refractivity contribution >= 4 is 11.8 Å². The molecular formula is C28H40N2O4. The van der Waals surface area contributed by atoms with Gasteiger partial charge in [-0.05, 0) is 50.7 Å². The highest BCUT2D eigenvalue weighted by atomic mass is 16.5. The number of nitrogens with one attached hydrogen (secondary N) is 2. The van der Waals surface area contributed by atoms with Gasteiger partial charge in [-0.25, -0.2) is 0 Å². The van der Waals surface area contributed by atoms with Gasteiger partial charge in [-0.1, -0.05) is 74.6 Å². The molecule has 6 heteroatoms. The Hall–Kier alpha value is -3.12. The molecule has 0 aliphatic carbocycles. The molecule has 3 N–H and O–H groups in total. The Morgan fingerprint density at radius 1 is 0.882 bits per heavy atom. The van der Waals surface area contributed by atoms with Crippen molar-refractivity contribution in [3.05, 3.63) is 78.4 Å². The van der Waals surface area contributed by atoms with Crippen LogP contribution in [0.25, 0.3) is 0 Å². The van der Waals surface area contributed by atoms with Gasteiger partial charge < -0.3 is 20.5 Å². The van der Waals surface area contributed by atoms with Crippen LogP contribution >= 0.6 is 0 Å². The van der Waals surface area contributed by atoms with Gasteiger partial charge in [0, 0.05) is 13.1 Å². The maximum atomic E-state index is 12.3. The maximum Gasteiger partial charge on any atom is 0.255 e. The molecule has 186 valence electrons. The quantitative estimate of drug-likeness (QED) is 0.216. The highest BCUT2D eigenvalue weighted by Crippen LogP contribution is 2.14. The summed E-state index contributed by atoms with van der Waals surface area (Å²) in [5.74, 6) is -0.644. The number of aromatic hydroxyl groups is 1. The largest absolute Gasteiger partial charge is 0.507 e. The van der Waals surface area contributed by atoms with Crippen LogP contribution in [-0.2, 0) is 9.53 Å². The van der Waals surface area contributed by atoms with Crippen molar-refractivity contribution < 1.29 is 19.4 Å². The summed E-state index contributed by atoms with van der Waals surface area (Å²) < 4.78 is 5.70. The van der Waals surface area contributed by atoms with E-state index in [1.54, 1.807) is 18.2 Å². The molecule has 1 rings (SSSR count). The minimum absolute atomic E-state index is 0.0725. The summed E-state index contributed by atoms with van der Waals surface area (Å²) in [5, 5.41) is 15.1. The fourth-order valence-corrected chi connectivity index (χ4v) is 2.99. The van der Waals surface area contributed by atoms with Crippen molar-refractivity contribution in [2.75, 3.05) is 19.7 Å². The predicted octanol–water partition coefficient (Wildman–Crippen LogP) is 5.23. The van der Waals surface area contributed by atoms with Gasteiger partial charge in [0.05, 0.1) is 12.2 Å². The SMILES string of the molecule is CC/C=C\C/C=C\C/C=C\C/C=C\CCOC(CC)C(=O)NCCNC(=O)c1ccccc1O. The van der Waals surface area contributed by atoms with Crippen molar-refractivity contribution in [1.82, 2.24) is 10.6 Å². The molecule has 0 aliphatic rings. The second kappa shape index (κ2) is 19.4. The molecule has 0 radical (unpaired) electrons. The Balaban J connectivity index is 2.14. The van der Waals surface area contributed by atoms with Crippen LogP contribution in [0.5, 0.6) is 5.75 Å². The lowest BCUT2D eigenvalue weighted by molar-refractivity contribution is -0.132. The molecule has 0 heterocycles. The Kier molecular flexibility index (Phi) is 16.5. The second-order valence-corrected chi connectivity index (χ2v) is 7.62. The molecule has 1 aromatic carbocycles. The zero-order valence-corrected chi connectivity index (χ0v) is 20.5. The van der Waals surface area contributed by atoms with E-state index in [1.807, 2.05) is 6.92 Å². The molecule has 2 amide bonds. The maximum absolute atomic E-state index is 12.3. The van der Waals surface area contributed by atoms with E-state index in [9.17, 15) is 14.7 Å². The number of carbonyl (C=O) groups excluding carboxylic acids is 2. The van der Waals surface area contributed by atoms with Gasteiger partial charge in [0.1, 0.15) is 11.9 Å². The average Bonchev–Trinajstić information content (AvgIpc) is 2.84. The lowest BCUT2D eigenvalue weighted by Gasteiger charge is -2.15. The van der Waals surface area contributed by atoms with Crippen molar-refractivity contribution in [3.63, 3.8) is 0 Å². The van der Waals surface area contributed by atoms with E-state index < -0.39 is 6.10 Å². The normalized spacial score (nSPS) is 12.8. The third-order valence-electron chi connectivity index (χ3n) is 4.84. The number of para-hydroxylation sites is 1. The van der Waals surface area contributed by atoms with Crippen LogP contribution in [0.4, 0.5) is 0 Å². The van der Waals surface area contributed by atoms with Crippen LogP contribution < -0.4 is 10.6 Å². The summed E-state index contributed by atoms with van der Waals surface area (Å²) in [4.78, 5) is 24.3. The smallest absolute Gasteiger partial charge is 0.255 e. The fourth-order valence-electron chi connectivity index (χ4n) is 2.99. The summed E-state index contributed by atoms with van der Waals surface area (Å²) in [6.07, 6.45) is 21.9. The van der Waals surface area contributed by atoms with Gasteiger partial charge in [0.15, 0.2) is 0 Å². The summed E-state index contributed by atoms with van der Waals surface area (Å²) in [6, 6.07) is 6.33. The first-order valence-electron chi connectivity index (χ1n) is 12.2. The molecule has 0 bridgehead atoms. The molecule has 6 nitrogen and oxygen atoms in total. The van der Waals surface area contributed by atoms with E-state index in [2.05, 4.69) is 66.2 Å². The molecule has 1 atom stereocenters. The number of benzene rings is 1. The summed E-state index contributed by atoms with van der Waals surface area (Å²) in [7, 11) is 0. The van der Waals surface area contributed by atoms with Gasteiger partial charge in [-0.2, -0.15) is 0 Å². The molecular weight excluding hydrogens is 428 g/mol. The van der Waals surface area contributed by atoms with Crippen LogP contribution in [0, 0.1) is 0 Å². The Morgan fingerprint density at radius 3 is 2.09 bits per heavy atom. The lowest BCUT2D eigenvalue weighted by atomic mass is 10.2. The highest BCUT2D eigenvalue weighted by Gasteiger charge is 2.16. The van der Waals surface area contributed by atoms with E-state index in [0.717, 1.165) is 32.1 Å². The molecule has 0 aliphatic heterocycles. The predicted molar refractivity (Wildman–Crippen MR) is 139 cm³/mol. The molecule has 0 spiro atoms. The Bertz CT molecular complexity index is 827.